The van der Waals surface area contributed by atoms with Gasteiger partial charge in [0.25, 0.3) is 0 Å². The molecule has 0 fully saturated rings. The number of aromatic nitrogens is 2. The number of hydrogen-bond donors (Lipinski definition) is 1. The highest BCUT2D eigenvalue weighted by Crippen LogP contribution is 2.20. The summed E-state index contributed by atoms with van der Waals surface area (Å²) in [6, 6.07) is 9.19. The van der Waals surface area contributed by atoms with Gasteiger partial charge in [0.2, 0.25) is 0 Å². The predicted octanol–water partition coefficient (Wildman–Crippen LogP) is 2.35. The normalized spacial score (nSPS) is 12.4. The maximum atomic E-state index is 12.1. The van der Waals surface area contributed by atoms with Crippen molar-refractivity contribution in [2.24, 2.45) is 12.8 Å². The Hall–Kier alpha value is -1.65. The van der Waals surface area contributed by atoms with Gasteiger partial charge in [-0.3, -0.25) is 9.48 Å². The molecule has 94 valence electrons. The summed E-state index contributed by atoms with van der Waals surface area (Å²) in [5.41, 5.74) is 7.35. The van der Waals surface area contributed by atoms with E-state index in [-0.39, 0.29) is 18.2 Å². The van der Waals surface area contributed by atoms with E-state index in [0.29, 0.717) is 10.7 Å². The van der Waals surface area contributed by atoms with E-state index in [0.717, 1.165) is 5.56 Å². The van der Waals surface area contributed by atoms with Crippen LogP contribution in [0.4, 0.5) is 0 Å². The number of ketones is 1. The fraction of sp³-hybridized carbons (Fsp3) is 0.231. The number of carbonyl (C=O) groups is 1. The van der Waals surface area contributed by atoms with Gasteiger partial charge in [-0.25, -0.2) is 0 Å². The van der Waals surface area contributed by atoms with Crippen LogP contribution in [0.15, 0.2) is 36.5 Å². The molecule has 1 aromatic carbocycles. The Morgan fingerprint density at radius 1 is 1.44 bits per heavy atom. The molecule has 2 N–H and O–H groups in total. The van der Waals surface area contributed by atoms with Gasteiger partial charge < -0.3 is 5.73 Å². The van der Waals surface area contributed by atoms with Crippen molar-refractivity contribution in [3.63, 3.8) is 0 Å². The second-order valence-electron chi connectivity index (χ2n) is 4.11. The quantitative estimate of drug-likeness (QED) is 0.862. The zero-order valence-corrected chi connectivity index (χ0v) is 10.8. The van der Waals surface area contributed by atoms with E-state index < -0.39 is 0 Å². The summed E-state index contributed by atoms with van der Waals surface area (Å²) in [6.07, 6.45) is 1.67. The highest BCUT2D eigenvalue weighted by molar-refractivity contribution is 6.33. The number of Topliss-reactive ketones (excluding diaryl/α,β-unsaturated/α-hetero) is 1. The van der Waals surface area contributed by atoms with Crippen molar-refractivity contribution in [2.75, 3.05) is 0 Å². The minimum atomic E-state index is -0.329. The van der Waals surface area contributed by atoms with E-state index in [1.807, 2.05) is 30.3 Å². The lowest BCUT2D eigenvalue weighted by Gasteiger charge is -2.11. The van der Waals surface area contributed by atoms with Crippen LogP contribution in [0.5, 0.6) is 0 Å². The average Bonchev–Trinajstić information content (AvgIpc) is 2.70. The van der Waals surface area contributed by atoms with Gasteiger partial charge in [0.15, 0.2) is 5.78 Å². The molecule has 0 aliphatic rings. The van der Waals surface area contributed by atoms with E-state index in [4.69, 9.17) is 17.3 Å². The smallest absolute Gasteiger partial charge is 0.184 e. The fourth-order valence-electron chi connectivity index (χ4n) is 1.84. The minimum Gasteiger partial charge on any atom is -0.324 e. The molecule has 0 saturated carbocycles. The Labute approximate surface area is 110 Å². The van der Waals surface area contributed by atoms with Crippen LogP contribution < -0.4 is 5.73 Å². The maximum Gasteiger partial charge on any atom is 0.184 e. The molecule has 0 aliphatic heterocycles. The number of benzene rings is 1. The maximum absolute atomic E-state index is 12.1. The van der Waals surface area contributed by atoms with Gasteiger partial charge in [0.1, 0.15) is 5.69 Å². The largest absolute Gasteiger partial charge is 0.324 e. The van der Waals surface area contributed by atoms with Crippen molar-refractivity contribution in [2.45, 2.75) is 12.5 Å². The predicted molar refractivity (Wildman–Crippen MR) is 70.5 cm³/mol. The topological polar surface area (TPSA) is 60.9 Å². The standard InChI is InChI=1S/C13H14ClN3O/c1-17-13(10(14)8-16-17)12(18)7-11(15)9-5-3-2-4-6-9/h2-6,8,11H,7,15H2,1H3. The number of nitrogens with zero attached hydrogens (tertiary/aromatic N) is 2. The third kappa shape index (κ3) is 2.60. The van der Waals surface area contributed by atoms with E-state index in [1.54, 1.807) is 7.05 Å². The van der Waals surface area contributed by atoms with Gasteiger partial charge in [0.05, 0.1) is 11.2 Å². The summed E-state index contributed by atoms with van der Waals surface area (Å²) >= 11 is 5.92. The molecule has 18 heavy (non-hydrogen) atoms. The SMILES string of the molecule is Cn1ncc(Cl)c1C(=O)CC(N)c1ccccc1. The molecule has 0 spiro atoms. The van der Waals surface area contributed by atoms with E-state index in [9.17, 15) is 4.79 Å². The van der Waals surface area contributed by atoms with Gasteiger partial charge in [-0.05, 0) is 5.56 Å². The average molecular weight is 264 g/mol. The molecular formula is C13H14ClN3O. The summed E-state index contributed by atoms with van der Waals surface area (Å²) in [7, 11) is 1.69. The molecule has 1 atom stereocenters. The van der Waals surface area contributed by atoms with Crippen molar-refractivity contribution in [1.82, 2.24) is 9.78 Å². The summed E-state index contributed by atoms with van der Waals surface area (Å²) in [5.74, 6) is -0.101. The highest BCUT2D eigenvalue weighted by atomic mass is 35.5. The van der Waals surface area contributed by atoms with E-state index >= 15 is 0 Å². The number of nitrogens with two attached hydrogens (primary N) is 1. The van der Waals surface area contributed by atoms with Crippen molar-refractivity contribution >= 4 is 17.4 Å². The molecule has 0 aliphatic carbocycles. The Kier molecular flexibility index (Phi) is 3.79. The number of carbonyl (C=O) groups excluding carboxylic acids is 1. The Balaban J connectivity index is 2.13. The number of rotatable bonds is 4. The first-order valence-electron chi connectivity index (χ1n) is 5.61. The zero-order chi connectivity index (χ0) is 13.1. The summed E-state index contributed by atoms with van der Waals surface area (Å²) in [6.45, 7) is 0. The van der Waals surface area contributed by atoms with Gasteiger partial charge in [-0.2, -0.15) is 5.10 Å². The van der Waals surface area contributed by atoms with Gasteiger partial charge in [0, 0.05) is 19.5 Å². The molecule has 0 bridgehead atoms. The van der Waals surface area contributed by atoms with Crippen LogP contribution in [0.2, 0.25) is 5.02 Å². The van der Waals surface area contributed by atoms with Crippen LogP contribution in [-0.2, 0) is 7.05 Å². The van der Waals surface area contributed by atoms with Crippen LogP contribution in [-0.4, -0.2) is 15.6 Å². The zero-order valence-electron chi connectivity index (χ0n) is 10.0. The Morgan fingerprint density at radius 2 is 2.11 bits per heavy atom. The van der Waals surface area contributed by atoms with E-state index in [2.05, 4.69) is 5.10 Å². The monoisotopic (exact) mass is 263 g/mol. The van der Waals surface area contributed by atoms with Crippen LogP contribution in [0.25, 0.3) is 0 Å². The van der Waals surface area contributed by atoms with Crippen molar-refractivity contribution in [3.05, 3.63) is 52.8 Å². The molecule has 1 heterocycles. The first-order valence-corrected chi connectivity index (χ1v) is 5.98. The molecule has 2 rings (SSSR count). The van der Waals surface area contributed by atoms with Gasteiger partial charge in [-0.15, -0.1) is 0 Å². The second-order valence-corrected chi connectivity index (χ2v) is 4.52. The van der Waals surface area contributed by atoms with Gasteiger partial charge in [-0.1, -0.05) is 41.9 Å². The molecule has 2 aromatic rings. The van der Waals surface area contributed by atoms with Crippen LogP contribution in [0.3, 0.4) is 0 Å². The number of hydrogen-bond acceptors (Lipinski definition) is 3. The first-order chi connectivity index (χ1) is 8.59. The molecule has 0 amide bonds. The highest BCUT2D eigenvalue weighted by Gasteiger charge is 2.19. The summed E-state index contributed by atoms with van der Waals surface area (Å²) < 4.78 is 1.47. The second kappa shape index (κ2) is 5.33. The van der Waals surface area contributed by atoms with Crippen molar-refractivity contribution < 1.29 is 4.79 Å². The van der Waals surface area contributed by atoms with Crippen molar-refractivity contribution in [1.29, 1.82) is 0 Å². The molecule has 1 aromatic heterocycles. The summed E-state index contributed by atoms with van der Waals surface area (Å²) in [4.78, 5) is 12.1. The molecule has 1 unspecified atom stereocenters. The molecule has 5 heteroatoms. The lowest BCUT2D eigenvalue weighted by Crippen LogP contribution is -2.17. The third-order valence-corrected chi connectivity index (χ3v) is 3.07. The third-order valence-electron chi connectivity index (χ3n) is 2.79. The number of halogens is 1. The molecule has 0 radical (unpaired) electrons. The molecule has 0 saturated heterocycles. The van der Waals surface area contributed by atoms with Crippen LogP contribution in [0, 0.1) is 0 Å². The van der Waals surface area contributed by atoms with E-state index in [1.165, 1.54) is 10.9 Å². The summed E-state index contributed by atoms with van der Waals surface area (Å²) in [5, 5.41) is 4.30. The van der Waals surface area contributed by atoms with Crippen LogP contribution in [0.1, 0.15) is 28.5 Å². The first kappa shape index (κ1) is 12.8. The molecular weight excluding hydrogens is 250 g/mol. The lowest BCUT2D eigenvalue weighted by molar-refractivity contribution is 0.0965. The van der Waals surface area contributed by atoms with Crippen molar-refractivity contribution in [3.8, 4) is 0 Å². The number of aryl methyl sites for hydroxylation is 1. The lowest BCUT2D eigenvalue weighted by atomic mass is 10.0. The molecule has 4 nitrogen and oxygen atoms in total. The minimum absolute atomic E-state index is 0.101. The van der Waals surface area contributed by atoms with Gasteiger partial charge >= 0.3 is 0 Å². The van der Waals surface area contributed by atoms with Crippen LogP contribution >= 0.6 is 11.6 Å². The Morgan fingerprint density at radius 3 is 2.67 bits per heavy atom. The fourth-order valence-corrected chi connectivity index (χ4v) is 2.11. The Bertz CT molecular complexity index is 531.